The highest BCUT2D eigenvalue weighted by Crippen LogP contribution is 2.60. The van der Waals surface area contributed by atoms with Crippen LogP contribution in [0.4, 0.5) is 5.00 Å². The third-order valence-electron chi connectivity index (χ3n) is 8.05. The van der Waals surface area contributed by atoms with Crippen LogP contribution in [0.1, 0.15) is 74.7 Å². The zero-order valence-electron chi connectivity index (χ0n) is 19.5. The van der Waals surface area contributed by atoms with E-state index in [-0.39, 0.29) is 30.9 Å². The molecule has 0 aromatic carbocycles. The molecule has 2 fully saturated rings. The average Bonchev–Trinajstić information content (AvgIpc) is 3.15. The minimum atomic E-state index is -0.653. The second kappa shape index (κ2) is 7.97. The maximum atomic E-state index is 13.2. The molecule has 1 saturated carbocycles. The number of imide groups is 1. The molecule has 1 saturated heterocycles. The fourth-order valence-corrected chi connectivity index (χ4v) is 7.03. The van der Waals surface area contributed by atoms with E-state index in [1.165, 1.54) is 11.3 Å². The quantitative estimate of drug-likeness (QED) is 0.533. The van der Waals surface area contributed by atoms with Crippen molar-refractivity contribution in [3.05, 3.63) is 16.0 Å². The Kier molecular flexibility index (Phi) is 5.72. The van der Waals surface area contributed by atoms with E-state index in [9.17, 15) is 19.2 Å². The molecule has 8 heteroatoms. The number of esters is 1. The molecule has 1 aromatic rings. The minimum Gasteiger partial charge on any atom is -0.462 e. The van der Waals surface area contributed by atoms with Crippen molar-refractivity contribution in [1.29, 1.82) is 0 Å². The highest BCUT2D eigenvalue weighted by atomic mass is 32.1. The number of anilines is 1. The zero-order valence-corrected chi connectivity index (χ0v) is 20.3. The molecular weight excluding hydrogens is 428 g/mol. The number of ether oxygens (including phenoxy) is 1. The van der Waals surface area contributed by atoms with Crippen LogP contribution in [-0.2, 0) is 32.0 Å². The third-order valence-corrected chi connectivity index (χ3v) is 9.22. The molecule has 1 aliphatic heterocycles. The number of likely N-dealkylation sites (tertiary alicyclic amines) is 1. The topological polar surface area (TPSA) is 92.8 Å². The Morgan fingerprint density at radius 1 is 1.22 bits per heavy atom. The summed E-state index contributed by atoms with van der Waals surface area (Å²) in [6.07, 6.45) is 3.93. The minimum absolute atomic E-state index is 0.250. The SMILES string of the molecule is CCOC(=O)c1c(NC(=O)CN2C(=O)C3CCC(C)(C2=O)C3(C)C)sc2c1CCC(C)C2. The van der Waals surface area contributed by atoms with Crippen molar-refractivity contribution in [2.75, 3.05) is 18.5 Å². The van der Waals surface area contributed by atoms with Crippen molar-refractivity contribution in [3.8, 4) is 0 Å². The van der Waals surface area contributed by atoms with Gasteiger partial charge in [0.05, 0.1) is 17.6 Å². The summed E-state index contributed by atoms with van der Waals surface area (Å²) < 4.78 is 5.26. The number of piperidine rings is 1. The Morgan fingerprint density at radius 2 is 1.94 bits per heavy atom. The Balaban J connectivity index is 1.57. The van der Waals surface area contributed by atoms with Gasteiger partial charge in [-0.2, -0.15) is 0 Å². The van der Waals surface area contributed by atoms with Crippen molar-refractivity contribution in [2.45, 2.75) is 66.7 Å². The van der Waals surface area contributed by atoms with Crippen molar-refractivity contribution in [1.82, 2.24) is 4.90 Å². The zero-order chi connectivity index (χ0) is 23.4. The number of fused-ring (bicyclic) bond motifs is 3. The number of hydrogen-bond acceptors (Lipinski definition) is 6. The Bertz CT molecular complexity index is 997. The van der Waals surface area contributed by atoms with Crippen LogP contribution in [0.15, 0.2) is 0 Å². The fourth-order valence-electron chi connectivity index (χ4n) is 5.62. The Morgan fingerprint density at radius 3 is 2.62 bits per heavy atom. The van der Waals surface area contributed by atoms with Crippen LogP contribution in [0, 0.1) is 22.7 Å². The van der Waals surface area contributed by atoms with E-state index in [0.29, 0.717) is 29.3 Å². The summed E-state index contributed by atoms with van der Waals surface area (Å²) in [7, 11) is 0. The lowest BCUT2D eigenvalue weighted by Crippen LogP contribution is -2.60. The van der Waals surface area contributed by atoms with Crippen LogP contribution in [0.3, 0.4) is 0 Å². The predicted molar refractivity (Wildman–Crippen MR) is 121 cm³/mol. The van der Waals surface area contributed by atoms with E-state index in [4.69, 9.17) is 4.74 Å². The van der Waals surface area contributed by atoms with Gasteiger partial charge in [0.1, 0.15) is 11.5 Å². The Labute approximate surface area is 192 Å². The lowest BCUT2D eigenvalue weighted by molar-refractivity contribution is -0.168. The predicted octanol–water partition coefficient (Wildman–Crippen LogP) is 3.80. The molecule has 1 N–H and O–H groups in total. The molecule has 2 heterocycles. The molecule has 0 radical (unpaired) electrons. The molecule has 1 aromatic heterocycles. The molecule has 3 aliphatic rings. The summed E-state index contributed by atoms with van der Waals surface area (Å²) in [5.41, 5.74) is 0.310. The highest BCUT2D eigenvalue weighted by molar-refractivity contribution is 7.17. The smallest absolute Gasteiger partial charge is 0.341 e. The van der Waals surface area contributed by atoms with E-state index in [2.05, 4.69) is 12.2 Å². The van der Waals surface area contributed by atoms with Gasteiger partial charge in [0.2, 0.25) is 17.7 Å². The first kappa shape index (κ1) is 23.0. The van der Waals surface area contributed by atoms with Crippen LogP contribution in [-0.4, -0.2) is 41.7 Å². The second-order valence-corrected chi connectivity index (χ2v) is 11.3. The van der Waals surface area contributed by atoms with Gasteiger partial charge < -0.3 is 10.1 Å². The maximum Gasteiger partial charge on any atom is 0.341 e. The van der Waals surface area contributed by atoms with Crippen molar-refractivity contribution in [2.24, 2.45) is 22.7 Å². The van der Waals surface area contributed by atoms with E-state index < -0.39 is 22.7 Å². The molecule has 174 valence electrons. The van der Waals surface area contributed by atoms with E-state index in [1.807, 2.05) is 20.8 Å². The molecular formula is C24H32N2O5S. The largest absolute Gasteiger partial charge is 0.462 e. The van der Waals surface area contributed by atoms with Gasteiger partial charge in [-0.25, -0.2) is 4.79 Å². The van der Waals surface area contributed by atoms with Gasteiger partial charge in [-0.3, -0.25) is 19.3 Å². The van der Waals surface area contributed by atoms with Crippen LogP contribution in [0.2, 0.25) is 0 Å². The summed E-state index contributed by atoms with van der Waals surface area (Å²) in [6, 6.07) is 0. The molecule has 3 unspecified atom stereocenters. The van der Waals surface area contributed by atoms with E-state index >= 15 is 0 Å². The van der Waals surface area contributed by atoms with Gasteiger partial charge in [0.15, 0.2) is 0 Å². The third kappa shape index (κ3) is 3.38. The first-order chi connectivity index (χ1) is 15.0. The maximum absolute atomic E-state index is 13.2. The number of nitrogens with zero attached hydrogens (tertiary/aromatic N) is 1. The lowest BCUT2D eigenvalue weighted by atomic mass is 9.62. The summed E-state index contributed by atoms with van der Waals surface area (Å²) in [6.45, 7) is 9.69. The lowest BCUT2D eigenvalue weighted by Gasteiger charge is -2.47. The number of nitrogens with one attached hydrogen (secondary N) is 1. The van der Waals surface area contributed by atoms with E-state index in [0.717, 1.165) is 34.6 Å². The number of hydrogen-bond donors (Lipinski definition) is 1. The van der Waals surface area contributed by atoms with Crippen molar-refractivity contribution < 1.29 is 23.9 Å². The molecule has 3 atom stereocenters. The molecule has 0 spiro atoms. The molecule has 3 amide bonds. The number of thiophene rings is 1. The van der Waals surface area contributed by atoms with Crippen molar-refractivity contribution in [3.63, 3.8) is 0 Å². The molecule has 4 rings (SSSR count). The highest BCUT2D eigenvalue weighted by Gasteiger charge is 2.64. The molecule has 2 bridgehead atoms. The fraction of sp³-hybridized carbons (Fsp3) is 0.667. The van der Waals surface area contributed by atoms with Crippen molar-refractivity contribution >= 4 is 40.0 Å². The van der Waals surface area contributed by atoms with Gasteiger partial charge in [0.25, 0.3) is 0 Å². The normalized spacial score (nSPS) is 28.5. The second-order valence-electron chi connectivity index (χ2n) is 10.2. The number of amides is 3. The first-order valence-corrected chi connectivity index (χ1v) is 12.3. The number of carbonyl (C=O) groups excluding carboxylic acids is 4. The van der Waals surface area contributed by atoms with Gasteiger partial charge in [0, 0.05) is 10.8 Å². The monoisotopic (exact) mass is 460 g/mol. The summed E-state index contributed by atoms with van der Waals surface area (Å²) in [5.74, 6) is -1.19. The number of rotatable bonds is 5. The summed E-state index contributed by atoms with van der Waals surface area (Å²) >= 11 is 1.40. The standard InChI is InChI=1S/C24H32N2O5S/c1-6-31-21(29)18-14-8-7-13(2)11-16(14)32-19(18)25-17(27)12-26-20(28)15-9-10-24(5,22(26)30)23(15,3)4/h13,15H,6-12H2,1-5H3,(H,25,27). The average molecular weight is 461 g/mol. The summed E-state index contributed by atoms with van der Waals surface area (Å²) in [5, 5.41) is 3.28. The van der Waals surface area contributed by atoms with Crippen LogP contribution in [0.25, 0.3) is 0 Å². The Hall–Kier alpha value is -2.22. The summed E-state index contributed by atoms with van der Waals surface area (Å²) in [4.78, 5) is 54.2. The molecule has 2 aliphatic carbocycles. The number of carbonyl (C=O) groups is 4. The van der Waals surface area contributed by atoms with Gasteiger partial charge in [-0.15, -0.1) is 11.3 Å². The first-order valence-electron chi connectivity index (χ1n) is 11.5. The van der Waals surface area contributed by atoms with E-state index in [1.54, 1.807) is 6.92 Å². The molecule has 32 heavy (non-hydrogen) atoms. The van der Waals surface area contributed by atoms with Gasteiger partial charge >= 0.3 is 5.97 Å². The van der Waals surface area contributed by atoms with Crippen LogP contribution >= 0.6 is 11.3 Å². The van der Waals surface area contributed by atoms with Gasteiger partial charge in [-0.05, 0) is 55.9 Å². The van der Waals surface area contributed by atoms with Gasteiger partial charge in [-0.1, -0.05) is 27.7 Å². The van der Waals surface area contributed by atoms with Crippen LogP contribution < -0.4 is 5.32 Å². The van der Waals surface area contributed by atoms with Crippen LogP contribution in [0.5, 0.6) is 0 Å². The molecule has 7 nitrogen and oxygen atoms in total.